The van der Waals surface area contributed by atoms with Crippen LogP contribution in [0.1, 0.15) is 19.2 Å². The summed E-state index contributed by atoms with van der Waals surface area (Å²) in [4.78, 5) is 0. The predicted molar refractivity (Wildman–Crippen MR) is 176 cm³/mol. The zero-order valence-corrected chi connectivity index (χ0v) is 21.4. The minimum absolute atomic E-state index is 0.000375. The molecule has 0 atom stereocenters. The number of hydrogen-bond donors (Lipinski definition) is 0. The molecule has 0 aliphatic heterocycles. The van der Waals surface area contributed by atoms with Gasteiger partial charge in [-0.25, -0.2) is 0 Å². The minimum atomic E-state index is -0.515. The average Bonchev–Trinajstić information content (AvgIpc) is 3.79. The lowest BCUT2D eigenvalue weighted by atomic mass is 9.87. The van der Waals surface area contributed by atoms with Gasteiger partial charge in [-0.2, -0.15) is 0 Å². The van der Waals surface area contributed by atoms with Gasteiger partial charge >= 0.3 is 0 Å². The molecule has 2 heteroatoms. The maximum absolute atomic E-state index is 9.09. The molecule has 10 aromatic rings. The molecule has 0 saturated carbocycles. The van der Waals surface area contributed by atoms with Crippen LogP contribution < -0.4 is 0 Å². The van der Waals surface area contributed by atoms with Gasteiger partial charge in [-0.1, -0.05) is 121 Å². The van der Waals surface area contributed by atoms with E-state index in [2.05, 4.69) is 0 Å². The van der Waals surface area contributed by atoms with E-state index < -0.39 is 72.5 Å². The van der Waals surface area contributed by atoms with E-state index in [-0.39, 0.29) is 67.1 Å². The Morgan fingerprint density at radius 1 is 0.357 bits per heavy atom. The van der Waals surface area contributed by atoms with Gasteiger partial charge < -0.3 is 8.83 Å². The van der Waals surface area contributed by atoms with E-state index in [1.807, 2.05) is 36.4 Å². The first-order valence-corrected chi connectivity index (χ1v) is 13.2. The molecule has 2 heterocycles. The van der Waals surface area contributed by atoms with Gasteiger partial charge in [-0.3, -0.25) is 0 Å². The van der Waals surface area contributed by atoms with Crippen molar-refractivity contribution >= 4 is 76.2 Å². The number of para-hydroxylation sites is 4. The number of furan rings is 2. The van der Waals surface area contributed by atoms with Crippen molar-refractivity contribution in [3.8, 4) is 22.3 Å². The van der Waals surface area contributed by atoms with Crippen molar-refractivity contribution in [3.05, 3.63) is 133 Å². The van der Waals surface area contributed by atoms with Gasteiger partial charge in [0.25, 0.3) is 0 Å². The minimum Gasteiger partial charge on any atom is -0.455 e. The number of fused-ring (bicyclic) bond motifs is 6. The molecule has 0 amide bonds. The second-order valence-corrected chi connectivity index (χ2v) is 10.2. The quantitative estimate of drug-likeness (QED) is 0.201. The van der Waals surface area contributed by atoms with E-state index in [1.165, 1.54) is 0 Å². The fraction of sp³-hybridized carbons (Fsp3) is 0. The van der Waals surface area contributed by atoms with Gasteiger partial charge in [0.1, 0.15) is 22.3 Å². The van der Waals surface area contributed by atoms with Gasteiger partial charge in [0.05, 0.1) is 19.2 Å². The number of rotatable bonds is 2. The predicted octanol–water partition coefficient (Wildman–Crippen LogP) is 11.7. The molecular weight excluding hydrogens is 512 g/mol. The highest BCUT2D eigenvalue weighted by Gasteiger charge is 2.19. The van der Waals surface area contributed by atoms with Crippen LogP contribution in [-0.4, -0.2) is 0 Å². The third kappa shape index (κ3) is 2.83. The molecule has 2 nitrogen and oxygen atoms in total. The molecule has 2 aromatic heterocycles. The van der Waals surface area contributed by atoms with Crippen molar-refractivity contribution in [3.63, 3.8) is 0 Å². The summed E-state index contributed by atoms with van der Waals surface area (Å²) in [7, 11) is 0. The second kappa shape index (κ2) is 7.99. The lowest BCUT2D eigenvalue weighted by Crippen LogP contribution is -1.90. The van der Waals surface area contributed by atoms with Crippen LogP contribution >= 0.6 is 0 Å². The van der Waals surface area contributed by atoms with Crippen LogP contribution in [0.5, 0.6) is 0 Å². The Balaban J connectivity index is 1.33. The van der Waals surface area contributed by atoms with E-state index in [0.717, 1.165) is 21.5 Å². The molecule has 194 valence electrons. The maximum atomic E-state index is 9.09. The van der Waals surface area contributed by atoms with E-state index in [9.17, 15) is 0 Å². The molecule has 10 rings (SSSR count). The van der Waals surface area contributed by atoms with Gasteiger partial charge in [-0.05, 0) is 55.5 Å². The van der Waals surface area contributed by atoms with Crippen LogP contribution in [0.2, 0.25) is 0 Å². The normalized spacial score (nSPS) is 17.0. The first kappa shape index (κ1) is 12.9. The molecule has 42 heavy (non-hydrogen) atoms. The van der Waals surface area contributed by atoms with E-state index in [4.69, 9.17) is 28.0 Å². The molecular formula is C40H22O2. The van der Waals surface area contributed by atoms with Gasteiger partial charge in [0, 0.05) is 32.7 Å². The zero-order chi connectivity index (χ0) is 39.5. The summed E-state index contributed by atoms with van der Waals surface area (Å²) in [6, 6.07) is 8.51. The van der Waals surface area contributed by atoms with Crippen LogP contribution in [0, 0.1) is 0 Å². The van der Waals surface area contributed by atoms with E-state index >= 15 is 0 Å². The van der Waals surface area contributed by atoms with Crippen LogP contribution in [-0.2, 0) is 0 Å². The zero-order valence-electron chi connectivity index (χ0n) is 35.4. The topological polar surface area (TPSA) is 26.3 Å². The van der Waals surface area contributed by atoms with Crippen molar-refractivity contribution in [2.75, 3.05) is 0 Å². The highest BCUT2D eigenvalue weighted by molar-refractivity contribution is 6.29. The molecule has 8 aromatic carbocycles. The van der Waals surface area contributed by atoms with Crippen molar-refractivity contribution in [1.29, 1.82) is 0 Å². The standard InChI is InChI=1S/C40H22O2/c1-3-13-35-27(7-1)33-11-5-9-31(39(33)41-35)25-19-15-23-18-22-30-26(20-16-24-17-21-29(25)37(23)38(24)30)32-10-6-12-34-28-8-2-4-14-36(28)42-40(32)34/h1-22H/i1D,2D,3D,4D,5D,6D,7D,8D,9D,10D,11D,12D,13D,14D. The summed E-state index contributed by atoms with van der Waals surface area (Å²) in [5, 5.41) is 4.19. The van der Waals surface area contributed by atoms with Crippen LogP contribution in [0.25, 0.3) is 98.4 Å². The van der Waals surface area contributed by atoms with E-state index in [1.54, 1.807) is 12.1 Å². The monoisotopic (exact) mass is 548 g/mol. The summed E-state index contributed by atoms with van der Waals surface area (Å²) >= 11 is 0. The smallest absolute Gasteiger partial charge is 0.143 e. The summed E-state index contributed by atoms with van der Waals surface area (Å²) in [5.74, 6) is 0. The second-order valence-electron chi connectivity index (χ2n) is 10.2. The summed E-state index contributed by atoms with van der Waals surface area (Å²) in [5.41, 5.74) is 0.759. The Hall–Kier alpha value is -5.60. The van der Waals surface area contributed by atoms with Crippen molar-refractivity contribution in [1.82, 2.24) is 0 Å². The summed E-state index contributed by atoms with van der Waals surface area (Å²) in [6.07, 6.45) is 0. The maximum Gasteiger partial charge on any atom is 0.143 e. The fourth-order valence-electron chi connectivity index (χ4n) is 6.27. The largest absolute Gasteiger partial charge is 0.455 e. The first-order chi connectivity index (χ1) is 26.6. The van der Waals surface area contributed by atoms with Crippen molar-refractivity contribution in [2.24, 2.45) is 0 Å². The Morgan fingerprint density at radius 2 is 0.786 bits per heavy atom. The molecule has 0 spiro atoms. The average molecular weight is 549 g/mol. The number of hydrogen-bond acceptors (Lipinski definition) is 2. The highest BCUT2D eigenvalue weighted by Crippen LogP contribution is 2.45. The van der Waals surface area contributed by atoms with E-state index in [0.29, 0.717) is 21.9 Å². The Morgan fingerprint density at radius 3 is 1.29 bits per heavy atom. The molecule has 0 N–H and O–H groups in total. The fourth-order valence-corrected chi connectivity index (χ4v) is 6.27. The van der Waals surface area contributed by atoms with Gasteiger partial charge in [0.15, 0.2) is 0 Å². The molecule has 0 aliphatic carbocycles. The summed E-state index contributed by atoms with van der Waals surface area (Å²) in [6.45, 7) is 0. The molecule has 0 bridgehead atoms. The van der Waals surface area contributed by atoms with Crippen molar-refractivity contribution in [2.45, 2.75) is 0 Å². The Kier molecular flexibility index (Phi) is 2.46. The van der Waals surface area contributed by atoms with Crippen molar-refractivity contribution < 1.29 is 28.0 Å². The first-order valence-electron chi connectivity index (χ1n) is 20.2. The lowest BCUT2D eigenvalue weighted by Gasteiger charge is -2.16. The Bertz CT molecular complexity index is 3240. The van der Waals surface area contributed by atoms with Gasteiger partial charge in [-0.15, -0.1) is 0 Å². The van der Waals surface area contributed by atoms with Gasteiger partial charge in [0.2, 0.25) is 0 Å². The molecule has 0 aliphatic rings. The number of benzene rings is 8. The highest BCUT2D eigenvalue weighted by atomic mass is 16.3. The lowest BCUT2D eigenvalue weighted by molar-refractivity contribution is 0.669. The molecule has 0 radical (unpaired) electrons. The summed E-state index contributed by atoms with van der Waals surface area (Å²) < 4.78 is 133. The Labute approximate surface area is 260 Å². The molecule has 0 fully saturated rings. The SMILES string of the molecule is [2H]c1c([2H])c([2H])c2c(oc3c(-c4ccc5ccc6c(-c7c([2H])c([2H])c([2H])c8c7oc7c([2H])c([2H])c([2H])c([2H])c78)ccc7ccc4c5c76)c([2H])c([2H])c([2H])c32)c1[2H]. The van der Waals surface area contributed by atoms with Crippen LogP contribution in [0.15, 0.2) is 142 Å². The van der Waals surface area contributed by atoms with Crippen LogP contribution in [0.3, 0.4) is 0 Å². The third-order valence-electron chi connectivity index (χ3n) is 8.08. The van der Waals surface area contributed by atoms with Crippen LogP contribution in [0.4, 0.5) is 0 Å². The molecule has 0 saturated heterocycles. The third-order valence-corrected chi connectivity index (χ3v) is 8.08. The molecule has 0 unspecified atom stereocenters.